The van der Waals surface area contributed by atoms with E-state index in [-0.39, 0.29) is 6.61 Å². The summed E-state index contributed by atoms with van der Waals surface area (Å²) in [7, 11) is -4.26. The summed E-state index contributed by atoms with van der Waals surface area (Å²) in [5.41, 5.74) is 0. The standard InChI is InChI=1S/C11H22O5S/c1-2-15-10-8-6-4-3-5-7-9-11-16-17(12,13)14/h8,10H,2-7,9,11H2,1H3,(H,12,13,14). The van der Waals surface area contributed by atoms with Crippen LogP contribution in [0.5, 0.6) is 0 Å². The predicted molar refractivity (Wildman–Crippen MR) is 66.0 cm³/mol. The molecule has 1 N–H and O–H groups in total. The van der Waals surface area contributed by atoms with Crippen molar-refractivity contribution in [3.63, 3.8) is 0 Å². The van der Waals surface area contributed by atoms with Crippen molar-refractivity contribution in [2.45, 2.75) is 45.4 Å². The molecule has 0 saturated carbocycles. The van der Waals surface area contributed by atoms with Gasteiger partial charge >= 0.3 is 10.4 Å². The topological polar surface area (TPSA) is 72.8 Å². The van der Waals surface area contributed by atoms with Crippen molar-refractivity contribution in [3.05, 3.63) is 12.3 Å². The Hall–Kier alpha value is -0.590. The predicted octanol–water partition coefficient (Wildman–Crippen LogP) is 2.70. The van der Waals surface area contributed by atoms with Crippen molar-refractivity contribution in [1.82, 2.24) is 0 Å². The summed E-state index contributed by atoms with van der Waals surface area (Å²) in [4.78, 5) is 0. The van der Waals surface area contributed by atoms with E-state index in [1.54, 1.807) is 6.26 Å². The normalized spacial score (nSPS) is 12.1. The molecular formula is C11H22O5S. The van der Waals surface area contributed by atoms with Crippen molar-refractivity contribution in [2.24, 2.45) is 0 Å². The summed E-state index contributed by atoms with van der Waals surface area (Å²) < 4.78 is 38.0. The smallest absolute Gasteiger partial charge is 0.397 e. The minimum Gasteiger partial charge on any atom is -0.502 e. The molecule has 0 aromatic heterocycles. The number of hydrogen-bond donors (Lipinski definition) is 1. The first-order chi connectivity index (χ1) is 8.06. The van der Waals surface area contributed by atoms with Crippen LogP contribution in [0, 0.1) is 0 Å². The average molecular weight is 266 g/mol. The van der Waals surface area contributed by atoms with Crippen LogP contribution in [0.15, 0.2) is 12.3 Å². The number of rotatable bonds is 11. The minimum absolute atomic E-state index is 0.0586. The molecule has 0 unspecified atom stereocenters. The lowest BCUT2D eigenvalue weighted by Crippen LogP contribution is -2.04. The van der Waals surface area contributed by atoms with Gasteiger partial charge in [0.1, 0.15) is 0 Å². The third kappa shape index (κ3) is 15.4. The molecule has 0 fully saturated rings. The number of hydrogen-bond acceptors (Lipinski definition) is 4. The maximum Gasteiger partial charge on any atom is 0.397 e. The van der Waals surface area contributed by atoms with Gasteiger partial charge in [-0.25, -0.2) is 4.18 Å². The SMILES string of the molecule is CCOC=CCCCCCCCOS(=O)(=O)O. The van der Waals surface area contributed by atoms with Gasteiger partial charge in [-0.15, -0.1) is 0 Å². The lowest BCUT2D eigenvalue weighted by molar-refractivity contribution is 0.261. The Labute approximate surface area is 104 Å². The molecule has 0 radical (unpaired) electrons. The van der Waals surface area contributed by atoms with Gasteiger partial charge in [0, 0.05) is 0 Å². The monoisotopic (exact) mass is 266 g/mol. The van der Waals surface area contributed by atoms with E-state index in [0.717, 1.165) is 32.1 Å². The fraction of sp³-hybridized carbons (Fsp3) is 0.818. The highest BCUT2D eigenvalue weighted by Gasteiger charge is 2.02. The fourth-order valence-corrected chi connectivity index (χ4v) is 1.62. The van der Waals surface area contributed by atoms with E-state index in [9.17, 15) is 8.42 Å². The fourth-order valence-electron chi connectivity index (χ4n) is 1.29. The molecular weight excluding hydrogens is 244 g/mol. The maximum atomic E-state index is 10.2. The van der Waals surface area contributed by atoms with Gasteiger partial charge in [0.2, 0.25) is 0 Å². The molecule has 0 amide bonds. The summed E-state index contributed by atoms with van der Waals surface area (Å²) in [6.07, 6.45) is 9.52. The lowest BCUT2D eigenvalue weighted by Gasteiger charge is -2.00. The van der Waals surface area contributed by atoms with Crippen LogP contribution in [-0.4, -0.2) is 26.2 Å². The van der Waals surface area contributed by atoms with Gasteiger partial charge in [0.05, 0.1) is 19.5 Å². The van der Waals surface area contributed by atoms with Crippen LogP contribution in [0.25, 0.3) is 0 Å². The molecule has 0 heterocycles. The first-order valence-corrected chi connectivity index (χ1v) is 7.31. The minimum atomic E-state index is -4.26. The Morgan fingerprint density at radius 3 is 2.41 bits per heavy atom. The second-order valence-electron chi connectivity index (χ2n) is 3.63. The van der Waals surface area contributed by atoms with Crippen LogP contribution in [0.4, 0.5) is 0 Å². The van der Waals surface area contributed by atoms with Crippen LogP contribution >= 0.6 is 0 Å². The quantitative estimate of drug-likeness (QED) is 0.353. The van der Waals surface area contributed by atoms with Gasteiger partial charge < -0.3 is 4.74 Å². The average Bonchev–Trinajstić information content (AvgIpc) is 2.24. The number of unbranched alkanes of at least 4 members (excludes halogenated alkanes) is 5. The van der Waals surface area contributed by atoms with Gasteiger partial charge in [-0.2, -0.15) is 8.42 Å². The highest BCUT2D eigenvalue weighted by molar-refractivity contribution is 7.80. The first kappa shape index (κ1) is 16.4. The molecule has 0 atom stereocenters. The molecule has 0 saturated heterocycles. The molecule has 0 aliphatic rings. The Morgan fingerprint density at radius 2 is 1.76 bits per heavy atom. The van der Waals surface area contributed by atoms with Crippen LogP contribution in [0.1, 0.15) is 45.4 Å². The second kappa shape index (κ2) is 10.6. The lowest BCUT2D eigenvalue weighted by atomic mass is 10.1. The molecule has 0 aromatic carbocycles. The summed E-state index contributed by atoms with van der Waals surface area (Å²) in [6.45, 7) is 2.70. The Balaban J connectivity index is 3.14. The van der Waals surface area contributed by atoms with Crippen LogP contribution in [0.3, 0.4) is 0 Å². The molecule has 0 aliphatic carbocycles. The van der Waals surface area contributed by atoms with E-state index < -0.39 is 10.4 Å². The molecule has 0 aromatic rings. The Kier molecular flexibility index (Phi) is 10.2. The van der Waals surface area contributed by atoms with E-state index in [1.807, 2.05) is 13.0 Å². The molecule has 5 nitrogen and oxygen atoms in total. The number of ether oxygens (including phenoxy) is 1. The van der Waals surface area contributed by atoms with E-state index in [2.05, 4.69) is 4.18 Å². The largest absolute Gasteiger partial charge is 0.502 e. The molecule has 102 valence electrons. The zero-order valence-corrected chi connectivity index (χ0v) is 11.1. The van der Waals surface area contributed by atoms with Gasteiger partial charge in [-0.05, 0) is 32.3 Å². The first-order valence-electron chi connectivity index (χ1n) is 5.94. The van der Waals surface area contributed by atoms with Crippen LogP contribution < -0.4 is 0 Å². The van der Waals surface area contributed by atoms with Crippen LogP contribution in [-0.2, 0) is 19.3 Å². The molecule has 0 rings (SSSR count). The van der Waals surface area contributed by atoms with Crippen molar-refractivity contribution in [2.75, 3.05) is 13.2 Å². The van der Waals surface area contributed by atoms with Crippen molar-refractivity contribution >= 4 is 10.4 Å². The second-order valence-corrected chi connectivity index (χ2v) is 4.72. The van der Waals surface area contributed by atoms with Crippen LogP contribution in [0.2, 0.25) is 0 Å². The summed E-state index contributed by atoms with van der Waals surface area (Å²) >= 11 is 0. The Morgan fingerprint density at radius 1 is 1.12 bits per heavy atom. The van der Waals surface area contributed by atoms with E-state index >= 15 is 0 Å². The third-order valence-electron chi connectivity index (χ3n) is 2.11. The third-order valence-corrected chi connectivity index (χ3v) is 2.57. The van der Waals surface area contributed by atoms with E-state index in [4.69, 9.17) is 9.29 Å². The summed E-state index contributed by atoms with van der Waals surface area (Å²) in [6, 6.07) is 0. The summed E-state index contributed by atoms with van der Waals surface area (Å²) in [5.74, 6) is 0. The highest BCUT2D eigenvalue weighted by atomic mass is 32.3. The van der Waals surface area contributed by atoms with Gasteiger partial charge in [-0.3, -0.25) is 4.55 Å². The number of allylic oxidation sites excluding steroid dienone is 1. The zero-order chi connectivity index (χ0) is 13.0. The summed E-state index contributed by atoms with van der Waals surface area (Å²) in [5, 5.41) is 0. The highest BCUT2D eigenvalue weighted by Crippen LogP contribution is 2.06. The van der Waals surface area contributed by atoms with Gasteiger partial charge in [-0.1, -0.05) is 19.3 Å². The van der Waals surface area contributed by atoms with Crippen molar-refractivity contribution < 1.29 is 21.9 Å². The molecule has 6 heteroatoms. The van der Waals surface area contributed by atoms with Crippen molar-refractivity contribution in [1.29, 1.82) is 0 Å². The van der Waals surface area contributed by atoms with Gasteiger partial charge in [0.25, 0.3) is 0 Å². The zero-order valence-electron chi connectivity index (χ0n) is 10.3. The van der Waals surface area contributed by atoms with E-state index in [0.29, 0.717) is 13.0 Å². The maximum absolute atomic E-state index is 10.2. The van der Waals surface area contributed by atoms with E-state index in [1.165, 1.54) is 0 Å². The Bertz CT molecular complexity index is 284. The molecule has 17 heavy (non-hydrogen) atoms. The molecule has 0 spiro atoms. The molecule has 0 aliphatic heterocycles. The van der Waals surface area contributed by atoms with Gasteiger partial charge in [0.15, 0.2) is 0 Å². The van der Waals surface area contributed by atoms with Crippen molar-refractivity contribution in [3.8, 4) is 0 Å². The molecule has 0 bridgehead atoms.